The lowest BCUT2D eigenvalue weighted by Crippen LogP contribution is -2.48. The summed E-state index contributed by atoms with van der Waals surface area (Å²) in [6, 6.07) is 30.9. The normalized spacial score (nSPS) is 23.6. The molecule has 0 radical (unpaired) electrons. The van der Waals surface area contributed by atoms with E-state index in [4.69, 9.17) is 9.39 Å². The molecule has 11 heteroatoms. The number of phenolic OH excluding ortho intramolecular Hbond substituents is 1. The average molecular weight is 803 g/mol. The third kappa shape index (κ3) is 8.21. The fraction of sp³-hybridized carbons (Fsp3) is 0.341. The Morgan fingerprint density at radius 1 is 0.945 bits per heavy atom. The maximum Gasteiger partial charge on any atom is 0.455 e. The number of aromatic nitrogens is 1. The Hall–Kier alpha value is -4.55. The van der Waals surface area contributed by atoms with Crippen LogP contribution < -0.4 is 4.74 Å². The van der Waals surface area contributed by atoms with Gasteiger partial charge in [0.25, 0.3) is 0 Å². The van der Waals surface area contributed by atoms with E-state index in [0.29, 0.717) is 24.8 Å². The fourth-order valence-corrected chi connectivity index (χ4v) is 9.47. The van der Waals surface area contributed by atoms with Gasteiger partial charge < -0.3 is 19.5 Å². The van der Waals surface area contributed by atoms with Crippen molar-refractivity contribution >= 4 is 46.5 Å². The van der Waals surface area contributed by atoms with Crippen LogP contribution in [0.2, 0.25) is 6.32 Å². The number of amides is 2. The molecule has 4 heterocycles. The Kier molecular flexibility index (Phi) is 11.3. The van der Waals surface area contributed by atoms with Crippen molar-refractivity contribution in [2.75, 3.05) is 19.7 Å². The number of likely N-dealkylation sites (tertiary alicyclic amines) is 2. The van der Waals surface area contributed by atoms with E-state index in [1.165, 1.54) is 5.56 Å². The number of hydrogen-bond donors (Lipinski definition) is 2. The second kappa shape index (κ2) is 16.7. The highest BCUT2D eigenvalue weighted by atomic mass is 79.9. The molecule has 3 aromatic carbocycles. The lowest BCUT2D eigenvalue weighted by atomic mass is 9.58. The van der Waals surface area contributed by atoms with Crippen LogP contribution in [0.3, 0.4) is 0 Å². The zero-order chi connectivity index (χ0) is 37.9. The van der Waals surface area contributed by atoms with Crippen molar-refractivity contribution in [1.82, 2.24) is 14.8 Å². The largest absolute Gasteiger partial charge is 0.507 e. The number of halogens is 1. The van der Waals surface area contributed by atoms with Gasteiger partial charge in [-0.25, -0.2) is 0 Å². The molecule has 1 aromatic heterocycles. The molecule has 1 aliphatic carbocycles. The van der Waals surface area contributed by atoms with E-state index in [9.17, 15) is 19.7 Å². The van der Waals surface area contributed by atoms with Crippen LogP contribution in [0.4, 0.5) is 0 Å². The second-order valence-corrected chi connectivity index (χ2v) is 16.0. The number of aromatic hydroxyl groups is 1. The van der Waals surface area contributed by atoms with Crippen molar-refractivity contribution < 1.29 is 29.1 Å². The Morgan fingerprint density at radius 3 is 2.44 bits per heavy atom. The topological polar surface area (TPSA) is 112 Å². The molecular formula is C44H45BBrN3O6. The van der Waals surface area contributed by atoms with Gasteiger partial charge in [0.05, 0.1) is 23.6 Å². The first-order valence-electron chi connectivity index (χ1n) is 19.3. The molecule has 2 amide bonds. The number of allylic oxidation sites excluding steroid dienone is 1. The first-order chi connectivity index (χ1) is 26.8. The standard InChI is InChI=1S/C44H45BBrN3O6/c46-33-15-16-39(50)31(24-33)23-30(38-13-7-8-20-47-38)14-17-40-41-32(28-54-35-11-5-2-6-12-35)25-36-42(37(41)26-45(53)55-40)44(52)49(43(36)51)34-18-21-48(22-19-34)27-29-9-3-1-4-10-29/h1-13,15-16,20,23-24,34,36-37,40,42,50,53H,14,17-19,21-22,25-28H2/b30-23-/t36-,37+,40-,42-/m1/s1. The number of carbonyl (C=O) groups excluding carboxylic acids is 2. The van der Waals surface area contributed by atoms with Gasteiger partial charge in [0.2, 0.25) is 11.8 Å². The molecular weight excluding hydrogens is 757 g/mol. The smallest absolute Gasteiger partial charge is 0.455 e. The maximum atomic E-state index is 14.6. The molecule has 3 saturated heterocycles. The monoisotopic (exact) mass is 801 g/mol. The number of rotatable bonds is 11. The highest BCUT2D eigenvalue weighted by Gasteiger charge is 2.58. The number of carbonyl (C=O) groups is 2. The third-order valence-corrected chi connectivity index (χ3v) is 12.2. The highest BCUT2D eigenvalue weighted by molar-refractivity contribution is 9.10. The predicted octanol–water partition coefficient (Wildman–Crippen LogP) is 7.41. The first kappa shape index (κ1) is 37.4. The van der Waals surface area contributed by atoms with Gasteiger partial charge in [0.15, 0.2) is 0 Å². The van der Waals surface area contributed by atoms with Crippen molar-refractivity contribution in [1.29, 1.82) is 0 Å². The molecule has 9 nitrogen and oxygen atoms in total. The van der Waals surface area contributed by atoms with E-state index in [1.54, 1.807) is 23.2 Å². The molecule has 3 fully saturated rings. The Labute approximate surface area is 331 Å². The minimum atomic E-state index is -1.09. The quantitative estimate of drug-likeness (QED) is 0.0917. The number of ether oxygens (including phenoxy) is 1. The molecule has 2 N–H and O–H groups in total. The summed E-state index contributed by atoms with van der Waals surface area (Å²) in [6.45, 7) is 2.73. The highest BCUT2D eigenvalue weighted by Crippen LogP contribution is 2.51. The van der Waals surface area contributed by atoms with Crippen LogP contribution in [0.25, 0.3) is 11.6 Å². The number of para-hydroxylation sites is 1. The number of fused-ring (bicyclic) bond motifs is 3. The van der Waals surface area contributed by atoms with Crippen LogP contribution in [0, 0.1) is 17.8 Å². The van der Waals surface area contributed by atoms with Gasteiger partial charge in [-0.3, -0.25) is 24.4 Å². The van der Waals surface area contributed by atoms with Crippen molar-refractivity contribution in [2.24, 2.45) is 17.8 Å². The molecule has 55 heavy (non-hydrogen) atoms. The van der Waals surface area contributed by atoms with Gasteiger partial charge in [-0.1, -0.05) is 70.5 Å². The van der Waals surface area contributed by atoms with Gasteiger partial charge in [0.1, 0.15) is 18.1 Å². The summed E-state index contributed by atoms with van der Waals surface area (Å²) in [4.78, 5) is 37.6. The van der Waals surface area contributed by atoms with E-state index in [-0.39, 0.29) is 42.5 Å². The average Bonchev–Trinajstić information content (AvgIpc) is 3.46. The second-order valence-electron chi connectivity index (χ2n) is 15.1. The molecule has 0 spiro atoms. The molecule has 282 valence electrons. The molecule has 8 rings (SSSR count). The molecule has 4 atom stereocenters. The first-order valence-corrected chi connectivity index (χ1v) is 20.1. The number of phenols is 1. The summed E-state index contributed by atoms with van der Waals surface area (Å²) in [5, 5.41) is 22.0. The van der Waals surface area contributed by atoms with Crippen LogP contribution in [0.5, 0.6) is 11.5 Å². The minimum Gasteiger partial charge on any atom is -0.507 e. The number of imide groups is 1. The van der Waals surface area contributed by atoms with Crippen LogP contribution >= 0.6 is 15.9 Å². The number of nitrogens with zero attached hydrogens (tertiary/aromatic N) is 3. The summed E-state index contributed by atoms with van der Waals surface area (Å²) in [7, 11) is -1.09. The summed E-state index contributed by atoms with van der Waals surface area (Å²) in [6.07, 6.45) is 6.27. The minimum absolute atomic E-state index is 0.0977. The fourth-order valence-electron chi connectivity index (χ4n) is 9.09. The van der Waals surface area contributed by atoms with E-state index in [0.717, 1.165) is 65.1 Å². The van der Waals surface area contributed by atoms with Crippen LogP contribution in [0.1, 0.15) is 48.9 Å². The van der Waals surface area contributed by atoms with E-state index in [1.807, 2.05) is 66.7 Å². The predicted molar refractivity (Wildman–Crippen MR) is 215 cm³/mol. The SMILES string of the molecule is O=C1[C@@H]2[C@@H](CC(COc3ccccc3)=C3[C@@H](CC/C(=C/c4cc(Br)ccc4O)c4ccccn4)OB(O)C[C@@H]32)C(=O)N1C1CCN(Cc2ccccc2)CC1. The molecule has 0 unspecified atom stereocenters. The summed E-state index contributed by atoms with van der Waals surface area (Å²) in [5.41, 5.74) is 5.49. The zero-order valence-corrected chi connectivity index (χ0v) is 32.3. The van der Waals surface area contributed by atoms with Crippen molar-refractivity contribution in [3.8, 4) is 11.5 Å². The van der Waals surface area contributed by atoms with E-state index >= 15 is 0 Å². The lowest BCUT2D eigenvalue weighted by molar-refractivity contribution is -0.144. The summed E-state index contributed by atoms with van der Waals surface area (Å²) < 4.78 is 13.5. The number of benzene rings is 3. The Morgan fingerprint density at radius 2 is 1.69 bits per heavy atom. The lowest BCUT2D eigenvalue weighted by Gasteiger charge is -2.43. The molecule has 0 saturated carbocycles. The molecule has 0 bridgehead atoms. The van der Waals surface area contributed by atoms with Crippen molar-refractivity contribution in [3.05, 3.63) is 136 Å². The molecule has 4 aliphatic rings. The maximum absolute atomic E-state index is 14.6. The number of pyridine rings is 1. The van der Waals surface area contributed by atoms with Gasteiger partial charge in [-0.15, -0.1) is 0 Å². The summed E-state index contributed by atoms with van der Waals surface area (Å²) in [5.74, 6) is -0.776. The number of piperidine rings is 1. The van der Waals surface area contributed by atoms with Gasteiger partial charge in [0, 0.05) is 41.9 Å². The Balaban J connectivity index is 1.07. The third-order valence-electron chi connectivity index (χ3n) is 11.7. The van der Waals surface area contributed by atoms with Gasteiger partial charge in [-0.2, -0.15) is 0 Å². The van der Waals surface area contributed by atoms with Crippen molar-refractivity contribution in [2.45, 2.75) is 57.1 Å². The summed E-state index contributed by atoms with van der Waals surface area (Å²) >= 11 is 3.52. The van der Waals surface area contributed by atoms with Crippen molar-refractivity contribution in [3.63, 3.8) is 0 Å². The van der Waals surface area contributed by atoms with Gasteiger partial charge >= 0.3 is 7.12 Å². The van der Waals surface area contributed by atoms with Crippen LogP contribution in [-0.4, -0.2) is 75.7 Å². The molecule has 3 aliphatic heterocycles. The Bertz CT molecular complexity index is 2060. The van der Waals surface area contributed by atoms with Gasteiger partial charge in [-0.05, 0) is 115 Å². The number of hydrogen-bond acceptors (Lipinski definition) is 8. The van der Waals surface area contributed by atoms with Crippen LogP contribution in [-0.2, 0) is 20.8 Å². The molecule has 4 aromatic rings. The zero-order valence-electron chi connectivity index (χ0n) is 30.7. The van der Waals surface area contributed by atoms with E-state index in [2.05, 4.69) is 50.1 Å². The van der Waals surface area contributed by atoms with Crippen LogP contribution in [0.15, 0.2) is 119 Å². The van der Waals surface area contributed by atoms with E-state index < -0.39 is 25.1 Å².